The predicted molar refractivity (Wildman–Crippen MR) is 169 cm³/mol. The molecule has 0 spiro atoms. The SMILES string of the molecule is COc1cc(OC)c(Br)c(-n2c(C(C)N(CCc3ccccc3)C(=O)c3ccc(C)cc3)nc3ccccc3c2=O)c1. The van der Waals surface area contributed by atoms with E-state index in [1.807, 2.05) is 86.6 Å². The molecule has 1 heterocycles. The van der Waals surface area contributed by atoms with Gasteiger partial charge in [-0.2, -0.15) is 0 Å². The molecule has 214 valence electrons. The molecular weight excluding hydrogens is 594 g/mol. The second-order valence-electron chi connectivity index (χ2n) is 10.1. The second-order valence-corrected chi connectivity index (χ2v) is 10.9. The normalized spacial score (nSPS) is 11.7. The van der Waals surface area contributed by atoms with E-state index >= 15 is 0 Å². The number of halogens is 1. The van der Waals surface area contributed by atoms with Crippen molar-refractivity contribution in [2.45, 2.75) is 26.3 Å². The van der Waals surface area contributed by atoms with Gasteiger partial charge < -0.3 is 14.4 Å². The van der Waals surface area contributed by atoms with Gasteiger partial charge in [-0.3, -0.25) is 14.2 Å². The summed E-state index contributed by atoms with van der Waals surface area (Å²) < 4.78 is 13.3. The monoisotopic (exact) mass is 625 g/mol. The van der Waals surface area contributed by atoms with Gasteiger partial charge in [-0.25, -0.2) is 4.98 Å². The maximum atomic E-state index is 14.2. The molecule has 1 atom stereocenters. The number of fused-ring (bicyclic) bond motifs is 1. The molecule has 7 nitrogen and oxygen atoms in total. The number of hydrogen-bond acceptors (Lipinski definition) is 5. The summed E-state index contributed by atoms with van der Waals surface area (Å²) in [5, 5.41) is 0.461. The smallest absolute Gasteiger partial charge is 0.266 e. The molecule has 0 aliphatic heterocycles. The number of para-hydroxylation sites is 1. The highest BCUT2D eigenvalue weighted by Gasteiger charge is 2.29. The summed E-state index contributed by atoms with van der Waals surface area (Å²) in [4.78, 5) is 35.1. The fraction of sp³-hybridized carbons (Fsp3) is 0.206. The Hall–Kier alpha value is -4.43. The van der Waals surface area contributed by atoms with Crippen LogP contribution in [0.15, 0.2) is 100 Å². The molecule has 0 bridgehead atoms. The van der Waals surface area contributed by atoms with E-state index in [2.05, 4.69) is 15.9 Å². The average molecular weight is 627 g/mol. The zero-order chi connectivity index (χ0) is 29.8. The maximum absolute atomic E-state index is 14.2. The number of carbonyl (C=O) groups is 1. The Morgan fingerprint density at radius 3 is 2.33 bits per heavy atom. The van der Waals surface area contributed by atoms with E-state index in [-0.39, 0.29) is 11.5 Å². The van der Waals surface area contributed by atoms with Gasteiger partial charge >= 0.3 is 0 Å². The molecule has 1 aromatic heterocycles. The number of methoxy groups -OCH3 is 2. The molecule has 4 aromatic carbocycles. The van der Waals surface area contributed by atoms with Gasteiger partial charge in [0.15, 0.2) is 0 Å². The number of aromatic nitrogens is 2. The molecule has 5 aromatic rings. The molecule has 0 saturated heterocycles. The van der Waals surface area contributed by atoms with Gasteiger partial charge in [-0.1, -0.05) is 60.2 Å². The molecule has 0 saturated carbocycles. The lowest BCUT2D eigenvalue weighted by molar-refractivity contribution is 0.0683. The second kappa shape index (κ2) is 12.6. The minimum absolute atomic E-state index is 0.144. The Balaban J connectivity index is 1.71. The van der Waals surface area contributed by atoms with Gasteiger partial charge in [0, 0.05) is 24.2 Å². The van der Waals surface area contributed by atoms with Gasteiger partial charge in [0.05, 0.1) is 41.3 Å². The first-order valence-corrected chi connectivity index (χ1v) is 14.5. The Labute approximate surface area is 253 Å². The summed E-state index contributed by atoms with van der Waals surface area (Å²) in [6, 6.07) is 27.7. The largest absolute Gasteiger partial charge is 0.497 e. The van der Waals surface area contributed by atoms with Crippen LogP contribution in [0, 0.1) is 6.92 Å². The molecule has 1 unspecified atom stereocenters. The highest BCUT2D eigenvalue weighted by Crippen LogP contribution is 2.37. The fourth-order valence-electron chi connectivity index (χ4n) is 5.02. The number of carbonyl (C=O) groups excluding carboxylic acids is 1. The van der Waals surface area contributed by atoms with Crippen LogP contribution in [0.5, 0.6) is 11.5 Å². The zero-order valence-corrected chi connectivity index (χ0v) is 25.6. The summed E-state index contributed by atoms with van der Waals surface area (Å²) in [6.07, 6.45) is 0.636. The van der Waals surface area contributed by atoms with Gasteiger partial charge in [0.25, 0.3) is 11.5 Å². The standard InChI is InChI=1S/C34H32BrN3O4/c1-22-14-16-25(17-15-22)33(39)37(19-18-24-10-6-5-7-11-24)23(2)32-36-28-13-9-8-12-27(28)34(40)38(32)29-20-26(41-3)21-30(42-4)31(29)35/h5-17,20-21,23H,18-19H2,1-4H3. The number of amides is 1. The van der Waals surface area contributed by atoms with Crippen LogP contribution in [0.1, 0.15) is 40.3 Å². The number of nitrogens with zero attached hydrogens (tertiary/aromatic N) is 3. The topological polar surface area (TPSA) is 73.7 Å². The van der Waals surface area contributed by atoms with Gasteiger partial charge in [-0.15, -0.1) is 0 Å². The van der Waals surface area contributed by atoms with Crippen LogP contribution in [-0.2, 0) is 6.42 Å². The van der Waals surface area contributed by atoms with Crippen LogP contribution >= 0.6 is 15.9 Å². The number of hydrogen-bond donors (Lipinski definition) is 0. The summed E-state index contributed by atoms with van der Waals surface area (Å²) in [7, 11) is 3.11. The van der Waals surface area contributed by atoms with Crippen molar-refractivity contribution in [1.29, 1.82) is 0 Å². The number of aryl methyl sites for hydroxylation is 1. The lowest BCUT2D eigenvalue weighted by Crippen LogP contribution is -2.38. The zero-order valence-electron chi connectivity index (χ0n) is 24.0. The van der Waals surface area contributed by atoms with Crippen LogP contribution in [0.3, 0.4) is 0 Å². The highest BCUT2D eigenvalue weighted by atomic mass is 79.9. The van der Waals surface area contributed by atoms with E-state index in [1.54, 1.807) is 41.9 Å². The minimum Gasteiger partial charge on any atom is -0.497 e. The van der Waals surface area contributed by atoms with E-state index in [4.69, 9.17) is 14.5 Å². The van der Waals surface area contributed by atoms with Gasteiger partial charge in [-0.05, 0) is 66.0 Å². The third-order valence-corrected chi connectivity index (χ3v) is 8.17. The van der Waals surface area contributed by atoms with Crippen LogP contribution in [0.25, 0.3) is 16.6 Å². The maximum Gasteiger partial charge on any atom is 0.266 e. The van der Waals surface area contributed by atoms with Crippen molar-refractivity contribution in [3.63, 3.8) is 0 Å². The molecule has 0 aliphatic carbocycles. The fourth-order valence-corrected chi connectivity index (χ4v) is 5.59. The van der Waals surface area contributed by atoms with Crippen molar-refractivity contribution in [2.24, 2.45) is 0 Å². The molecular formula is C34H32BrN3O4. The molecule has 0 N–H and O–H groups in total. The first kappa shape index (κ1) is 29.1. The van der Waals surface area contributed by atoms with E-state index in [0.717, 1.165) is 11.1 Å². The van der Waals surface area contributed by atoms with Crippen molar-refractivity contribution in [1.82, 2.24) is 14.5 Å². The third kappa shape index (κ3) is 5.81. The van der Waals surface area contributed by atoms with Gasteiger partial charge in [0.2, 0.25) is 0 Å². The summed E-state index contributed by atoms with van der Waals surface area (Å²) in [5.74, 6) is 1.29. The van der Waals surface area contributed by atoms with E-state index in [0.29, 0.717) is 56.9 Å². The Bertz CT molecular complexity index is 1790. The van der Waals surface area contributed by atoms with E-state index in [9.17, 15) is 9.59 Å². The molecule has 5 rings (SSSR count). The van der Waals surface area contributed by atoms with Crippen LogP contribution < -0.4 is 15.0 Å². The van der Waals surface area contributed by atoms with Crippen molar-refractivity contribution in [2.75, 3.05) is 20.8 Å². The van der Waals surface area contributed by atoms with Crippen molar-refractivity contribution >= 4 is 32.7 Å². The van der Waals surface area contributed by atoms with Crippen molar-refractivity contribution in [3.05, 3.63) is 128 Å². The number of ether oxygens (including phenoxy) is 2. The third-order valence-electron chi connectivity index (χ3n) is 7.38. The van der Waals surface area contributed by atoms with Crippen molar-refractivity contribution < 1.29 is 14.3 Å². The first-order chi connectivity index (χ1) is 20.3. The predicted octanol–water partition coefficient (Wildman–Crippen LogP) is 6.92. The number of benzene rings is 4. The number of rotatable bonds is 9. The summed E-state index contributed by atoms with van der Waals surface area (Å²) in [5.41, 5.74) is 3.54. The van der Waals surface area contributed by atoms with Gasteiger partial charge in [0.1, 0.15) is 17.3 Å². The van der Waals surface area contributed by atoms with E-state index in [1.165, 1.54) is 0 Å². The first-order valence-electron chi connectivity index (χ1n) is 13.7. The van der Waals surface area contributed by atoms with Crippen LogP contribution in [0.2, 0.25) is 0 Å². The molecule has 0 aliphatic rings. The molecule has 0 radical (unpaired) electrons. The minimum atomic E-state index is -0.580. The van der Waals surface area contributed by atoms with Crippen molar-refractivity contribution in [3.8, 4) is 17.2 Å². The Morgan fingerprint density at radius 1 is 0.952 bits per heavy atom. The highest BCUT2D eigenvalue weighted by molar-refractivity contribution is 9.10. The van der Waals surface area contributed by atoms with Crippen LogP contribution in [0.4, 0.5) is 0 Å². The molecule has 8 heteroatoms. The lowest BCUT2D eigenvalue weighted by Gasteiger charge is -2.31. The van der Waals surface area contributed by atoms with Crippen LogP contribution in [-0.4, -0.2) is 41.1 Å². The average Bonchev–Trinajstić information content (AvgIpc) is 3.02. The summed E-state index contributed by atoms with van der Waals surface area (Å²) >= 11 is 3.65. The summed E-state index contributed by atoms with van der Waals surface area (Å²) in [6.45, 7) is 4.32. The van der Waals surface area contributed by atoms with E-state index < -0.39 is 6.04 Å². The molecule has 42 heavy (non-hydrogen) atoms. The Morgan fingerprint density at radius 2 is 1.64 bits per heavy atom. The Kier molecular flexibility index (Phi) is 8.73. The lowest BCUT2D eigenvalue weighted by atomic mass is 10.1. The molecule has 0 fully saturated rings. The molecule has 1 amide bonds. The quantitative estimate of drug-likeness (QED) is 0.178.